The summed E-state index contributed by atoms with van der Waals surface area (Å²) in [4.78, 5) is 25.2. The predicted molar refractivity (Wildman–Crippen MR) is 138 cm³/mol. The number of amides is 1. The van der Waals surface area contributed by atoms with Crippen molar-refractivity contribution in [3.63, 3.8) is 0 Å². The van der Waals surface area contributed by atoms with E-state index >= 15 is 0 Å². The third-order valence-corrected chi connectivity index (χ3v) is 6.86. The topological polar surface area (TPSA) is 77.0 Å². The monoisotopic (exact) mass is 556 g/mol. The largest absolute Gasteiger partial charge is 0.481 e. The number of hydrogen-bond donors (Lipinski definition) is 1. The van der Waals surface area contributed by atoms with Crippen LogP contribution >= 0.6 is 38.9 Å². The zero-order valence-corrected chi connectivity index (χ0v) is 21.0. The zero-order chi connectivity index (χ0) is 24.1. The molecule has 0 spiro atoms. The first-order valence-electron chi connectivity index (χ1n) is 10.1. The van der Waals surface area contributed by atoms with Crippen molar-refractivity contribution in [2.45, 2.75) is 13.0 Å². The van der Waals surface area contributed by atoms with Gasteiger partial charge in [-0.1, -0.05) is 57.9 Å². The van der Waals surface area contributed by atoms with E-state index in [1.807, 2.05) is 36.4 Å². The second-order valence-corrected chi connectivity index (χ2v) is 9.50. The SMILES string of the molecule is C[C@H](Oc1ccc(Br)cc1)C(=O)N/N=C\c1cccc(OC(=O)c2sc3ccccc3c2Cl)c1. The quantitative estimate of drug-likeness (QED) is 0.123. The van der Waals surface area contributed by atoms with E-state index in [1.54, 1.807) is 43.3 Å². The Labute approximate surface area is 213 Å². The van der Waals surface area contributed by atoms with Crippen LogP contribution in [0.1, 0.15) is 22.2 Å². The molecule has 6 nitrogen and oxygen atoms in total. The van der Waals surface area contributed by atoms with Gasteiger partial charge in [-0.2, -0.15) is 5.10 Å². The summed E-state index contributed by atoms with van der Waals surface area (Å²) in [5, 5.41) is 5.16. The number of thiophene rings is 1. The summed E-state index contributed by atoms with van der Waals surface area (Å²) >= 11 is 11.0. The number of carbonyl (C=O) groups is 2. The Morgan fingerprint density at radius 1 is 1.06 bits per heavy atom. The number of carbonyl (C=O) groups excluding carboxylic acids is 2. The Balaban J connectivity index is 1.36. The van der Waals surface area contributed by atoms with Gasteiger partial charge in [0.2, 0.25) is 0 Å². The van der Waals surface area contributed by atoms with E-state index in [0.717, 1.165) is 14.6 Å². The van der Waals surface area contributed by atoms with E-state index in [1.165, 1.54) is 17.6 Å². The molecule has 0 saturated carbocycles. The summed E-state index contributed by atoms with van der Waals surface area (Å²) in [5.74, 6) is -0.0301. The number of ether oxygens (including phenoxy) is 2. The van der Waals surface area contributed by atoms with Crippen molar-refractivity contribution in [2.75, 3.05) is 0 Å². The minimum atomic E-state index is -0.739. The number of hydrogen-bond acceptors (Lipinski definition) is 6. The normalized spacial score (nSPS) is 12.0. The van der Waals surface area contributed by atoms with Gasteiger partial charge in [0, 0.05) is 14.6 Å². The number of hydrazone groups is 1. The number of esters is 1. The number of nitrogens with one attached hydrogen (secondary N) is 1. The lowest BCUT2D eigenvalue weighted by Crippen LogP contribution is -2.33. The van der Waals surface area contributed by atoms with Crippen LogP contribution in [0.15, 0.2) is 82.4 Å². The van der Waals surface area contributed by atoms with Gasteiger partial charge in [-0.25, -0.2) is 10.2 Å². The lowest BCUT2D eigenvalue weighted by Gasteiger charge is -2.12. The first kappa shape index (κ1) is 23.9. The molecule has 1 heterocycles. The van der Waals surface area contributed by atoms with Crippen LogP contribution < -0.4 is 14.9 Å². The Morgan fingerprint density at radius 2 is 1.82 bits per heavy atom. The number of benzene rings is 3. The van der Waals surface area contributed by atoms with Crippen LogP contribution in [-0.2, 0) is 4.79 Å². The van der Waals surface area contributed by atoms with Crippen LogP contribution in [0.4, 0.5) is 0 Å². The molecule has 9 heteroatoms. The minimum Gasteiger partial charge on any atom is -0.481 e. The van der Waals surface area contributed by atoms with Gasteiger partial charge in [0.15, 0.2) is 6.10 Å². The molecular formula is C25H18BrClN2O4S. The van der Waals surface area contributed by atoms with E-state index in [4.69, 9.17) is 21.1 Å². The third-order valence-electron chi connectivity index (χ3n) is 4.67. The van der Waals surface area contributed by atoms with Gasteiger partial charge in [0.05, 0.1) is 11.2 Å². The van der Waals surface area contributed by atoms with Crippen LogP contribution in [0.3, 0.4) is 0 Å². The fraction of sp³-hybridized carbons (Fsp3) is 0.0800. The molecule has 1 amide bonds. The summed E-state index contributed by atoms with van der Waals surface area (Å²) in [7, 11) is 0. The molecule has 0 unspecified atom stereocenters. The summed E-state index contributed by atoms with van der Waals surface area (Å²) in [6, 6.07) is 21.5. The molecule has 4 aromatic rings. The standard InChI is InChI=1S/C25H18BrClN2O4S/c1-15(32-18-11-9-17(26)10-12-18)24(30)29-28-14-16-5-4-6-19(13-16)33-25(31)23-22(27)20-7-2-3-8-21(20)34-23/h2-15H,1H3,(H,29,30)/b28-14-/t15-/m0/s1. The highest BCUT2D eigenvalue weighted by molar-refractivity contribution is 9.10. The Hall–Kier alpha value is -3.20. The fourth-order valence-corrected chi connectivity index (χ4v) is 4.64. The molecule has 0 aliphatic carbocycles. The van der Waals surface area contributed by atoms with Gasteiger partial charge in [0.1, 0.15) is 16.4 Å². The second-order valence-electron chi connectivity index (χ2n) is 7.15. The highest BCUT2D eigenvalue weighted by Gasteiger charge is 2.19. The maximum atomic E-state index is 12.7. The molecule has 0 radical (unpaired) electrons. The first-order valence-corrected chi connectivity index (χ1v) is 12.1. The molecule has 0 fully saturated rings. The number of fused-ring (bicyclic) bond motifs is 1. The Bertz CT molecular complexity index is 1370. The van der Waals surface area contributed by atoms with Crippen molar-refractivity contribution < 1.29 is 19.1 Å². The molecular weight excluding hydrogens is 540 g/mol. The molecule has 0 aliphatic rings. The summed E-state index contributed by atoms with van der Waals surface area (Å²) in [6.07, 6.45) is 0.713. The Kier molecular flexibility index (Phi) is 7.62. The van der Waals surface area contributed by atoms with Crippen LogP contribution in [0.5, 0.6) is 11.5 Å². The van der Waals surface area contributed by atoms with Crippen molar-refractivity contribution in [1.29, 1.82) is 0 Å². The van der Waals surface area contributed by atoms with Gasteiger partial charge >= 0.3 is 5.97 Å². The third kappa shape index (κ3) is 5.83. The molecule has 172 valence electrons. The summed E-state index contributed by atoms with van der Waals surface area (Å²) in [5.41, 5.74) is 3.08. The maximum absolute atomic E-state index is 12.7. The molecule has 4 rings (SSSR count). The second kappa shape index (κ2) is 10.8. The summed E-state index contributed by atoms with van der Waals surface area (Å²) < 4.78 is 12.9. The van der Waals surface area contributed by atoms with Crippen molar-refractivity contribution in [1.82, 2.24) is 5.43 Å². The van der Waals surface area contributed by atoms with E-state index < -0.39 is 18.0 Å². The van der Waals surface area contributed by atoms with Crippen LogP contribution in [0.2, 0.25) is 5.02 Å². The van der Waals surface area contributed by atoms with Gasteiger partial charge in [-0.15, -0.1) is 11.3 Å². The van der Waals surface area contributed by atoms with Crippen LogP contribution in [0, 0.1) is 0 Å². The average Bonchev–Trinajstić information content (AvgIpc) is 3.17. The van der Waals surface area contributed by atoms with E-state index in [2.05, 4.69) is 26.5 Å². The molecule has 0 saturated heterocycles. The minimum absolute atomic E-state index is 0.334. The highest BCUT2D eigenvalue weighted by Crippen LogP contribution is 2.35. The molecule has 3 aromatic carbocycles. The Morgan fingerprint density at radius 3 is 2.59 bits per heavy atom. The van der Waals surface area contributed by atoms with Crippen molar-refractivity contribution in [3.8, 4) is 11.5 Å². The number of halogens is 2. The number of rotatable bonds is 7. The van der Waals surface area contributed by atoms with Gasteiger partial charge in [-0.05, 0) is 55.0 Å². The van der Waals surface area contributed by atoms with Crippen LogP contribution in [-0.4, -0.2) is 24.2 Å². The lowest BCUT2D eigenvalue weighted by molar-refractivity contribution is -0.127. The molecule has 1 aromatic heterocycles. The van der Waals surface area contributed by atoms with E-state index in [9.17, 15) is 9.59 Å². The maximum Gasteiger partial charge on any atom is 0.355 e. The van der Waals surface area contributed by atoms with Gasteiger partial charge in [0.25, 0.3) is 5.91 Å². The summed E-state index contributed by atoms with van der Waals surface area (Å²) in [6.45, 7) is 1.63. The first-order chi connectivity index (χ1) is 16.4. The van der Waals surface area contributed by atoms with Gasteiger partial charge in [-0.3, -0.25) is 4.79 Å². The zero-order valence-electron chi connectivity index (χ0n) is 17.8. The van der Waals surface area contributed by atoms with E-state index in [-0.39, 0.29) is 0 Å². The predicted octanol–water partition coefficient (Wildman–Crippen LogP) is 6.45. The number of nitrogens with zero attached hydrogens (tertiary/aromatic N) is 1. The van der Waals surface area contributed by atoms with Crippen molar-refractivity contribution in [2.24, 2.45) is 5.10 Å². The fourth-order valence-electron chi connectivity index (χ4n) is 2.99. The molecule has 1 N–H and O–H groups in total. The molecule has 0 aliphatic heterocycles. The molecule has 0 bridgehead atoms. The van der Waals surface area contributed by atoms with E-state index in [0.29, 0.717) is 27.0 Å². The average molecular weight is 558 g/mol. The van der Waals surface area contributed by atoms with Gasteiger partial charge < -0.3 is 9.47 Å². The van der Waals surface area contributed by atoms with Crippen molar-refractivity contribution in [3.05, 3.63) is 92.7 Å². The molecule has 1 atom stereocenters. The van der Waals surface area contributed by atoms with Crippen molar-refractivity contribution >= 4 is 67.0 Å². The smallest absolute Gasteiger partial charge is 0.355 e. The highest BCUT2D eigenvalue weighted by atomic mass is 79.9. The van der Waals surface area contributed by atoms with Crippen LogP contribution in [0.25, 0.3) is 10.1 Å². The molecule has 34 heavy (non-hydrogen) atoms. The lowest BCUT2D eigenvalue weighted by atomic mass is 10.2.